The van der Waals surface area contributed by atoms with Gasteiger partial charge in [0.25, 0.3) is 0 Å². The number of morpholine rings is 1. The molecule has 1 aliphatic heterocycles. The van der Waals surface area contributed by atoms with E-state index in [9.17, 15) is 4.79 Å². The van der Waals surface area contributed by atoms with Crippen LogP contribution < -0.4 is 5.73 Å². The van der Waals surface area contributed by atoms with Crippen molar-refractivity contribution in [3.8, 4) is 0 Å². The summed E-state index contributed by atoms with van der Waals surface area (Å²) in [5.74, 6) is 0.0499. The third-order valence-corrected chi connectivity index (χ3v) is 4.42. The summed E-state index contributed by atoms with van der Waals surface area (Å²) in [5, 5.41) is 0. The average molecular weight is 270 g/mol. The van der Waals surface area contributed by atoms with Crippen LogP contribution in [0.2, 0.25) is 0 Å². The Morgan fingerprint density at radius 2 is 2.21 bits per heavy atom. The van der Waals surface area contributed by atoms with E-state index >= 15 is 0 Å². The van der Waals surface area contributed by atoms with Crippen molar-refractivity contribution in [2.75, 3.05) is 39.5 Å². The lowest BCUT2D eigenvalue weighted by Gasteiger charge is -2.32. The fraction of sp³-hybridized carbons (Fsp3) is 0.929. The van der Waals surface area contributed by atoms with Gasteiger partial charge in [-0.25, -0.2) is 0 Å². The van der Waals surface area contributed by atoms with Gasteiger partial charge in [-0.1, -0.05) is 6.42 Å². The molecule has 0 amide bonds. The lowest BCUT2D eigenvalue weighted by molar-refractivity contribution is -0.151. The largest absolute Gasteiger partial charge is 0.465 e. The number of hydrogen-bond acceptors (Lipinski definition) is 5. The summed E-state index contributed by atoms with van der Waals surface area (Å²) in [7, 11) is 0. The molecule has 0 aromatic rings. The Labute approximate surface area is 115 Å². The predicted octanol–water partition coefficient (Wildman–Crippen LogP) is 0.769. The molecule has 5 heteroatoms. The van der Waals surface area contributed by atoms with Crippen molar-refractivity contribution < 1.29 is 14.3 Å². The van der Waals surface area contributed by atoms with Gasteiger partial charge in [0.2, 0.25) is 0 Å². The van der Waals surface area contributed by atoms with Crippen LogP contribution in [0.25, 0.3) is 0 Å². The molecule has 0 radical (unpaired) electrons. The lowest BCUT2D eigenvalue weighted by atomic mass is 9.85. The van der Waals surface area contributed by atoms with E-state index in [2.05, 4.69) is 4.90 Å². The quantitative estimate of drug-likeness (QED) is 0.748. The van der Waals surface area contributed by atoms with Gasteiger partial charge in [0, 0.05) is 13.1 Å². The number of nitrogens with two attached hydrogens (primary N) is 1. The van der Waals surface area contributed by atoms with Gasteiger partial charge >= 0.3 is 5.97 Å². The third kappa shape index (κ3) is 3.46. The van der Waals surface area contributed by atoms with E-state index in [0.29, 0.717) is 6.61 Å². The van der Waals surface area contributed by atoms with Gasteiger partial charge in [-0.05, 0) is 38.6 Å². The van der Waals surface area contributed by atoms with Crippen LogP contribution in [-0.4, -0.2) is 55.9 Å². The van der Waals surface area contributed by atoms with Crippen LogP contribution in [0, 0.1) is 5.92 Å². The van der Waals surface area contributed by atoms with E-state index in [-0.39, 0.29) is 11.9 Å². The zero-order chi connectivity index (χ0) is 13.7. The molecule has 0 aromatic carbocycles. The van der Waals surface area contributed by atoms with E-state index < -0.39 is 5.54 Å². The molecular weight excluding hydrogens is 244 g/mol. The Balaban J connectivity index is 1.85. The molecule has 0 bridgehead atoms. The van der Waals surface area contributed by atoms with Gasteiger partial charge in [0.05, 0.1) is 19.8 Å². The fourth-order valence-electron chi connectivity index (χ4n) is 3.20. The Morgan fingerprint density at radius 1 is 1.47 bits per heavy atom. The SMILES string of the molecule is CCOC(=O)C1(N)CCCC1CCN1CCOCC1. The van der Waals surface area contributed by atoms with E-state index in [0.717, 1.165) is 58.5 Å². The van der Waals surface area contributed by atoms with Crippen molar-refractivity contribution in [1.29, 1.82) is 0 Å². The van der Waals surface area contributed by atoms with Crippen molar-refractivity contribution in [1.82, 2.24) is 4.90 Å². The van der Waals surface area contributed by atoms with Crippen molar-refractivity contribution in [3.05, 3.63) is 0 Å². The second-order valence-corrected chi connectivity index (χ2v) is 5.59. The number of esters is 1. The van der Waals surface area contributed by atoms with Crippen LogP contribution in [0.3, 0.4) is 0 Å². The second-order valence-electron chi connectivity index (χ2n) is 5.59. The first-order chi connectivity index (χ1) is 9.16. The molecule has 19 heavy (non-hydrogen) atoms. The standard InChI is InChI=1S/C14H26N2O3/c1-2-19-13(17)14(15)6-3-4-12(14)5-7-16-8-10-18-11-9-16/h12H,2-11,15H2,1H3. The minimum Gasteiger partial charge on any atom is -0.465 e. The number of carbonyl (C=O) groups is 1. The molecule has 2 rings (SSSR count). The number of rotatable bonds is 5. The molecular formula is C14H26N2O3. The van der Waals surface area contributed by atoms with Gasteiger partial charge in [0.15, 0.2) is 0 Å². The number of nitrogens with zero attached hydrogens (tertiary/aromatic N) is 1. The summed E-state index contributed by atoms with van der Waals surface area (Å²) >= 11 is 0. The number of carbonyl (C=O) groups excluding carboxylic acids is 1. The fourth-order valence-corrected chi connectivity index (χ4v) is 3.20. The van der Waals surface area contributed by atoms with Crippen molar-refractivity contribution in [2.24, 2.45) is 11.7 Å². The zero-order valence-electron chi connectivity index (χ0n) is 11.9. The molecule has 2 atom stereocenters. The highest BCUT2D eigenvalue weighted by molar-refractivity contribution is 5.81. The van der Waals surface area contributed by atoms with Crippen LogP contribution in [-0.2, 0) is 14.3 Å². The highest BCUT2D eigenvalue weighted by Gasteiger charge is 2.46. The number of ether oxygens (including phenoxy) is 2. The van der Waals surface area contributed by atoms with Crippen LogP contribution in [0.4, 0.5) is 0 Å². The Morgan fingerprint density at radius 3 is 2.89 bits per heavy atom. The first-order valence-electron chi connectivity index (χ1n) is 7.43. The highest BCUT2D eigenvalue weighted by Crippen LogP contribution is 2.37. The van der Waals surface area contributed by atoms with Crippen molar-refractivity contribution >= 4 is 5.97 Å². The molecule has 1 saturated heterocycles. The Bertz CT molecular complexity index is 305. The Kier molecular flexibility index (Phi) is 5.19. The zero-order valence-corrected chi connectivity index (χ0v) is 11.9. The topological polar surface area (TPSA) is 64.8 Å². The summed E-state index contributed by atoms with van der Waals surface area (Å²) < 4.78 is 10.5. The minimum absolute atomic E-state index is 0.209. The van der Waals surface area contributed by atoms with Gasteiger partial charge in [-0.15, -0.1) is 0 Å². The summed E-state index contributed by atoms with van der Waals surface area (Å²) in [4.78, 5) is 14.4. The molecule has 110 valence electrons. The normalized spacial score (nSPS) is 32.4. The van der Waals surface area contributed by atoms with Gasteiger partial charge in [-0.2, -0.15) is 0 Å². The maximum Gasteiger partial charge on any atom is 0.326 e. The van der Waals surface area contributed by atoms with Crippen molar-refractivity contribution in [3.63, 3.8) is 0 Å². The monoisotopic (exact) mass is 270 g/mol. The molecule has 1 saturated carbocycles. The first-order valence-corrected chi connectivity index (χ1v) is 7.43. The van der Waals surface area contributed by atoms with Crippen LogP contribution in [0.15, 0.2) is 0 Å². The van der Waals surface area contributed by atoms with E-state index in [4.69, 9.17) is 15.2 Å². The molecule has 2 N–H and O–H groups in total. The maximum absolute atomic E-state index is 12.0. The molecule has 0 spiro atoms. The summed E-state index contributed by atoms with van der Waals surface area (Å²) in [6.07, 6.45) is 3.82. The Hall–Kier alpha value is -0.650. The number of hydrogen-bond donors (Lipinski definition) is 1. The summed E-state index contributed by atoms with van der Waals surface area (Å²) in [6.45, 7) is 6.86. The lowest BCUT2D eigenvalue weighted by Crippen LogP contribution is -2.52. The van der Waals surface area contributed by atoms with E-state index in [1.165, 1.54) is 0 Å². The summed E-state index contributed by atoms with van der Waals surface area (Å²) in [5.41, 5.74) is 5.58. The molecule has 1 heterocycles. The molecule has 2 aliphatic rings. The first kappa shape index (κ1) is 14.8. The van der Waals surface area contributed by atoms with Crippen molar-refractivity contribution in [2.45, 2.75) is 38.1 Å². The van der Waals surface area contributed by atoms with Crippen LogP contribution in [0.5, 0.6) is 0 Å². The van der Waals surface area contributed by atoms with Crippen LogP contribution >= 0.6 is 0 Å². The van der Waals surface area contributed by atoms with Gasteiger partial charge < -0.3 is 15.2 Å². The van der Waals surface area contributed by atoms with Gasteiger partial charge in [0.1, 0.15) is 5.54 Å². The summed E-state index contributed by atoms with van der Waals surface area (Å²) in [6, 6.07) is 0. The molecule has 2 fully saturated rings. The van der Waals surface area contributed by atoms with E-state index in [1.807, 2.05) is 6.92 Å². The molecule has 2 unspecified atom stereocenters. The third-order valence-electron chi connectivity index (χ3n) is 4.42. The second kappa shape index (κ2) is 6.68. The molecule has 0 aromatic heterocycles. The highest BCUT2D eigenvalue weighted by atomic mass is 16.5. The predicted molar refractivity (Wildman–Crippen MR) is 72.8 cm³/mol. The molecule has 1 aliphatic carbocycles. The molecule has 5 nitrogen and oxygen atoms in total. The average Bonchev–Trinajstić information content (AvgIpc) is 2.81. The smallest absolute Gasteiger partial charge is 0.326 e. The van der Waals surface area contributed by atoms with Gasteiger partial charge in [-0.3, -0.25) is 9.69 Å². The minimum atomic E-state index is -0.748. The van der Waals surface area contributed by atoms with E-state index in [1.54, 1.807) is 0 Å². The van der Waals surface area contributed by atoms with Crippen LogP contribution in [0.1, 0.15) is 32.6 Å². The maximum atomic E-state index is 12.0.